The van der Waals surface area contributed by atoms with Crippen molar-refractivity contribution in [2.75, 3.05) is 0 Å². The van der Waals surface area contributed by atoms with Crippen LogP contribution in [0.5, 0.6) is 0 Å². The van der Waals surface area contributed by atoms with E-state index in [9.17, 15) is 0 Å². The Morgan fingerprint density at radius 2 is 0.850 bits per heavy atom. The van der Waals surface area contributed by atoms with Crippen molar-refractivity contribution in [3.05, 3.63) is 199 Å². The Morgan fingerprint density at radius 1 is 0.333 bits per heavy atom. The van der Waals surface area contributed by atoms with Gasteiger partial charge in [0.1, 0.15) is 12.7 Å². The Hall–Kier alpha value is -6.80. The number of allylic oxidation sites excluding steroid dienone is 6. The zero-order chi connectivity index (χ0) is 41.8. The fraction of sp³-hybridized carbons (Fsp3) is 0.231. The van der Waals surface area contributed by atoms with Crippen molar-refractivity contribution in [1.29, 1.82) is 0 Å². The van der Waals surface area contributed by atoms with Crippen molar-refractivity contribution in [3.63, 3.8) is 0 Å². The van der Waals surface area contributed by atoms with Crippen LogP contribution < -0.4 is 0 Å². The number of hydrogen-bond donors (Lipinski definition) is 0. The number of fused-ring (bicyclic) bond motifs is 6. The molecule has 0 aliphatic heterocycles. The van der Waals surface area contributed by atoms with E-state index in [1.807, 2.05) is 61.7 Å². The van der Waals surface area contributed by atoms with Gasteiger partial charge in [0, 0.05) is 73.5 Å². The molecule has 0 aromatic carbocycles. The first-order valence-electron chi connectivity index (χ1n) is 20.5. The van der Waals surface area contributed by atoms with Crippen molar-refractivity contribution in [3.8, 4) is 0 Å². The first-order valence-corrected chi connectivity index (χ1v) is 20.5. The molecule has 0 unspecified atom stereocenters. The summed E-state index contributed by atoms with van der Waals surface area (Å²) < 4.78 is 0. The number of rotatable bonds is 0. The molecule has 0 atom stereocenters. The zero-order valence-corrected chi connectivity index (χ0v) is 35.5. The van der Waals surface area contributed by atoms with E-state index < -0.39 is 0 Å². The van der Waals surface area contributed by atoms with Crippen LogP contribution in [-0.2, 0) is 38.5 Å². The Kier molecular flexibility index (Phi) is 13.6. The number of hydrogen-bond acceptors (Lipinski definition) is 8. The van der Waals surface area contributed by atoms with Crippen LogP contribution >= 0.6 is 0 Å². The maximum atomic E-state index is 4.26. The third-order valence-corrected chi connectivity index (χ3v) is 10.5. The van der Waals surface area contributed by atoms with E-state index in [1.165, 1.54) is 83.6 Å². The largest absolute Gasteiger partial charge is 0.264 e. The minimum absolute atomic E-state index is 0.998. The molecule has 0 amide bonds. The van der Waals surface area contributed by atoms with Crippen LogP contribution in [0.25, 0.3) is 36.5 Å². The highest BCUT2D eigenvalue weighted by Gasteiger charge is 2.12. The quantitative estimate of drug-likeness (QED) is 0.150. The van der Waals surface area contributed by atoms with E-state index in [4.69, 9.17) is 0 Å². The summed E-state index contributed by atoms with van der Waals surface area (Å²) in [5.41, 5.74) is 23.5. The molecule has 0 N–H and O–H groups in total. The minimum Gasteiger partial charge on any atom is -0.264 e. The number of aromatic nitrogens is 8. The standard InChI is InChI=1S/4C9H9N.2C8H8N2/c2*1-7-4-8-2-3-10-6-9(8)5-7;2*1-7-5-8-3-2-4-10-9(8)6-7;2*1-6-2-7-4-9-5-10-8(7)3-6/h2-3,5-6H,4H2,1H3;2*2-4,6H,5H2,1H3;2-5H,6H2,1H3;3-5H,2H2,1H3;2,4-5H,3H2,1H3. The maximum absolute atomic E-state index is 4.26. The molecule has 0 saturated heterocycles. The molecule has 0 spiro atoms. The summed E-state index contributed by atoms with van der Waals surface area (Å²) in [6.45, 7) is 12.8. The Labute approximate surface area is 354 Å². The predicted molar refractivity (Wildman–Crippen MR) is 245 cm³/mol. The van der Waals surface area contributed by atoms with Crippen molar-refractivity contribution in [1.82, 2.24) is 39.9 Å². The summed E-state index contributed by atoms with van der Waals surface area (Å²) in [7, 11) is 0. The van der Waals surface area contributed by atoms with E-state index >= 15 is 0 Å². The zero-order valence-electron chi connectivity index (χ0n) is 35.5. The average Bonchev–Trinajstić information content (AvgIpc) is 4.10. The molecule has 300 valence electrons. The van der Waals surface area contributed by atoms with E-state index in [2.05, 4.69) is 142 Å². The van der Waals surface area contributed by atoms with E-state index in [-0.39, 0.29) is 0 Å². The van der Waals surface area contributed by atoms with Crippen LogP contribution in [0, 0.1) is 0 Å². The molecule has 6 aliphatic carbocycles. The summed E-state index contributed by atoms with van der Waals surface area (Å²) >= 11 is 0. The lowest BCUT2D eigenvalue weighted by atomic mass is 10.2. The van der Waals surface area contributed by atoms with E-state index in [0.29, 0.717) is 0 Å². The van der Waals surface area contributed by atoms with Crippen molar-refractivity contribution in [2.24, 2.45) is 0 Å². The molecule has 0 saturated carbocycles. The first kappa shape index (κ1) is 41.4. The molecule has 0 bridgehead atoms. The topological polar surface area (TPSA) is 103 Å². The van der Waals surface area contributed by atoms with E-state index in [1.54, 1.807) is 12.7 Å². The van der Waals surface area contributed by atoms with Crippen LogP contribution in [0.15, 0.2) is 132 Å². The smallest absolute Gasteiger partial charge is 0.116 e. The summed E-state index contributed by atoms with van der Waals surface area (Å²) in [4.78, 5) is 32.7. The van der Waals surface area contributed by atoms with Crippen LogP contribution in [-0.4, -0.2) is 39.9 Å². The molecular weight excluding hydrogens is 737 g/mol. The maximum Gasteiger partial charge on any atom is 0.116 e. The molecule has 6 heterocycles. The summed E-state index contributed by atoms with van der Waals surface area (Å²) in [6, 6.07) is 12.4. The molecule has 12 rings (SSSR count). The highest BCUT2D eigenvalue weighted by Crippen LogP contribution is 2.25. The molecule has 8 heteroatoms. The average molecular weight is 789 g/mol. The van der Waals surface area contributed by atoms with Gasteiger partial charge in [-0.3, -0.25) is 19.9 Å². The lowest BCUT2D eigenvalue weighted by molar-refractivity contribution is 1.03. The lowest BCUT2D eigenvalue weighted by Crippen LogP contribution is -1.88. The second kappa shape index (κ2) is 19.8. The second-order valence-corrected chi connectivity index (χ2v) is 16.1. The Morgan fingerprint density at radius 3 is 1.57 bits per heavy atom. The number of nitrogens with zero attached hydrogens (tertiary/aromatic N) is 8. The van der Waals surface area contributed by atoms with Gasteiger partial charge in [-0.1, -0.05) is 69.9 Å². The fourth-order valence-corrected chi connectivity index (χ4v) is 7.75. The molecule has 8 nitrogen and oxygen atoms in total. The van der Waals surface area contributed by atoms with Crippen molar-refractivity contribution in [2.45, 2.75) is 80.1 Å². The van der Waals surface area contributed by atoms with Gasteiger partial charge in [-0.15, -0.1) is 0 Å². The molecule has 6 aliphatic rings. The van der Waals surface area contributed by atoms with Gasteiger partial charge in [0.05, 0.1) is 22.8 Å². The predicted octanol–water partition coefficient (Wildman–Crippen LogP) is 11.0. The monoisotopic (exact) mass is 788 g/mol. The van der Waals surface area contributed by atoms with Gasteiger partial charge in [-0.05, 0) is 137 Å². The van der Waals surface area contributed by atoms with Gasteiger partial charge < -0.3 is 0 Å². The van der Waals surface area contributed by atoms with Gasteiger partial charge >= 0.3 is 0 Å². The molecule has 0 fully saturated rings. The summed E-state index contributed by atoms with van der Waals surface area (Å²) in [6.07, 6.45) is 37.5. The van der Waals surface area contributed by atoms with Gasteiger partial charge in [0.15, 0.2) is 0 Å². The van der Waals surface area contributed by atoms with Crippen molar-refractivity contribution < 1.29 is 0 Å². The molecule has 6 aromatic heterocycles. The molecule has 6 aromatic rings. The molecule has 60 heavy (non-hydrogen) atoms. The van der Waals surface area contributed by atoms with Crippen molar-refractivity contribution >= 4 is 36.5 Å². The summed E-state index contributed by atoms with van der Waals surface area (Å²) in [5, 5.41) is 0. The SMILES string of the molecule is CC1=Cc2cccnc2C1.CC1=Cc2ccncc2C1.CC1=Cc2cnccc2C1.CC1=Cc2cncnc2C1.CC1=Cc2ncccc2C1.CC1=Cc2ncncc2C1. The second-order valence-electron chi connectivity index (χ2n) is 16.1. The molecular formula is C52H52N8. The highest BCUT2D eigenvalue weighted by atomic mass is 14.8. The lowest BCUT2D eigenvalue weighted by Gasteiger charge is -1.93. The highest BCUT2D eigenvalue weighted by molar-refractivity contribution is 5.64. The van der Waals surface area contributed by atoms with Crippen LogP contribution in [0.3, 0.4) is 0 Å². The summed E-state index contributed by atoms with van der Waals surface area (Å²) in [5.74, 6) is 0. The van der Waals surface area contributed by atoms with Gasteiger partial charge in [-0.25, -0.2) is 19.9 Å². The Balaban J connectivity index is 0.000000109. The molecule has 0 radical (unpaired) electrons. The third kappa shape index (κ3) is 11.2. The fourth-order valence-electron chi connectivity index (χ4n) is 7.75. The number of pyridine rings is 4. The normalized spacial score (nSPS) is 14.7. The van der Waals surface area contributed by atoms with Crippen LogP contribution in [0.4, 0.5) is 0 Å². The first-order chi connectivity index (χ1) is 29.2. The van der Waals surface area contributed by atoms with Crippen LogP contribution in [0.1, 0.15) is 109 Å². The van der Waals surface area contributed by atoms with Gasteiger partial charge in [0.2, 0.25) is 0 Å². The third-order valence-electron chi connectivity index (χ3n) is 10.5. The Bertz CT molecular complexity index is 2200. The van der Waals surface area contributed by atoms with Crippen LogP contribution in [0.2, 0.25) is 0 Å². The van der Waals surface area contributed by atoms with E-state index in [0.717, 1.165) is 55.6 Å². The van der Waals surface area contributed by atoms with Gasteiger partial charge in [-0.2, -0.15) is 0 Å². The van der Waals surface area contributed by atoms with Gasteiger partial charge in [0.25, 0.3) is 0 Å². The minimum atomic E-state index is 0.998.